The summed E-state index contributed by atoms with van der Waals surface area (Å²) in [5.74, 6) is 0.478. The first-order valence-electron chi connectivity index (χ1n) is 9.04. The molecular weight excluding hydrogens is 400 g/mol. The fourth-order valence-electron chi connectivity index (χ4n) is 3.19. The van der Waals surface area contributed by atoms with E-state index >= 15 is 0 Å². The zero-order valence-corrected chi connectivity index (χ0v) is 17.1. The summed E-state index contributed by atoms with van der Waals surface area (Å²) in [6.07, 6.45) is 1.90. The maximum absolute atomic E-state index is 13.2. The van der Waals surface area contributed by atoms with Crippen molar-refractivity contribution in [2.75, 3.05) is 5.32 Å². The van der Waals surface area contributed by atoms with Crippen molar-refractivity contribution in [2.45, 2.75) is 6.92 Å². The maximum Gasteiger partial charge on any atom is 0.268 e. The number of rotatable bonds is 4. The van der Waals surface area contributed by atoms with Gasteiger partial charge in [0.05, 0.1) is 5.69 Å². The topological polar surface area (TPSA) is 59.3 Å². The average Bonchev–Trinajstić information content (AvgIpc) is 3.48. The highest BCUT2D eigenvalue weighted by Crippen LogP contribution is 2.32. The number of aryl methyl sites for hydroxylation is 1. The first-order chi connectivity index (χ1) is 14.2. The predicted molar refractivity (Wildman–Crippen MR) is 119 cm³/mol. The molecule has 0 spiro atoms. The van der Waals surface area contributed by atoms with Crippen molar-refractivity contribution in [1.29, 1.82) is 0 Å². The van der Waals surface area contributed by atoms with Gasteiger partial charge in [0.1, 0.15) is 27.0 Å². The fourth-order valence-corrected chi connectivity index (χ4v) is 4.87. The largest absolute Gasteiger partial charge is 0.305 e. The van der Waals surface area contributed by atoms with E-state index in [2.05, 4.69) is 10.3 Å². The molecular formula is C22H16N4OS2. The lowest BCUT2D eigenvalue weighted by Crippen LogP contribution is -2.13. The summed E-state index contributed by atoms with van der Waals surface area (Å²) >= 11 is 3.03. The monoisotopic (exact) mass is 416 g/mol. The number of hydrogen-bond acceptors (Lipinski definition) is 5. The molecule has 5 nitrogen and oxygen atoms in total. The Kier molecular flexibility index (Phi) is 4.46. The molecule has 4 heterocycles. The summed E-state index contributed by atoms with van der Waals surface area (Å²) in [4.78, 5) is 23.1. The molecule has 142 valence electrons. The molecule has 0 bridgehead atoms. The summed E-state index contributed by atoms with van der Waals surface area (Å²) < 4.78 is 1.90. The van der Waals surface area contributed by atoms with Crippen LogP contribution in [0.5, 0.6) is 0 Å². The zero-order chi connectivity index (χ0) is 19.8. The lowest BCUT2D eigenvalue weighted by atomic mass is 10.1. The van der Waals surface area contributed by atoms with E-state index in [9.17, 15) is 4.79 Å². The highest BCUT2D eigenvalue weighted by molar-refractivity contribution is 7.17. The van der Waals surface area contributed by atoms with Gasteiger partial charge in [-0.2, -0.15) is 11.3 Å². The van der Waals surface area contributed by atoms with Crippen LogP contribution in [0.3, 0.4) is 0 Å². The number of thiophene rings is 1. The second-order valence-corrected chi connectivity index (χ2v) is 8.28. The molecule has 0 saturated heterocycles. The van der Waals surface area contributed by atoms with Gasteiger partial charge in [-0.15, -0.1) is 11.3 Å². The Hall–Kier alpha value is -3.29. The minimum absolute atomic E-state index is 0.177. The minimum atomic E-state index is -0.177. The van der Waals surface area contributed by atoms with Gasteiger partial charge < -0.3 is 5.32 Å². The summed E-state index contributed by atoms with van der Waals surface area (Å²) in [7, 11) is 0. The lowest BCUT2D eigenvalue weighted by Gasteiger charge is -2.07. The number of pyridine rings is 1. The first kappa shape index (κ1) is 17.8. The summed E-state index contributed by atoms with van der Waals surface area (Å²) in [5.41, 5.74) is 4.24. The number of imidazole rings is 1. The number of nitrogens with zero attached hydrogens (tertiary/aromatic N) is 3. The van der Waals surface area contributed by atoms with Crippen LogP contribution in [0.1, 0.15) is 15.4 Å². The molecule has 0 radical (unpaired) electrons. The Balaban J connectivity index is 1.56. The number of anilines is 1. The smallest absolute Gasteiger partial charge is 0.268 e. The minimum Gasteiger partial charge on any atom is -0.305 e. The van der Waals surface area contributed by atoms with E-state index in [-0.39, 0.29) is 5.91 Å². The van der Waals surface area contributed by atoms with Crippen molar-refractivity contribution in [2.24, 2.45) is 0 Å². The van der Waals surface area contributed by atoms with Crippen molar-refractivity contribution < 1.29 is 4.79 Å². The molecule has 29 heavy (non-hydrogen) atoms. The van der Waals surface area contributed by atoms with Crippen LogP contribution in [-0.4, -0.2) is 20.3 Å². The van der Waals surface area contributed by atoms with Crippen LogP contribution in [0.4, 0.5) is 5.82 Å². The highest BCUT2D eigenvalue weighted by atomic mass is 32.1. The molecule has 1 amide bonds. The van der Waals surface area contributed by atoms with Gasteiger partial charge in [0.2, 0.25) is 0 Å². The van der Waals surface area contributed by atoms with Crippen molar-refractivity contribution in [3.8, 4) is 21.8 Å². The number of hydrogen-bond donors (Lipinski definition) is 1. The predicted octanol–water partition coefficient (Wildman–Crippen LogP) is 5.75. The molecule has 0 aliphatic rings. The number of carbonyl (C=O) groups excluding carboxylic acids is 1. The Bertz CT molecular complexity index is 1300. The normalized spacial score (nSPS) is 11.1. The Morgan fingerprint density at radius 1 is 1.00 bits per heavy atom. The molecule has 0 unspecified atom stereocenters. The summed E-state index contributed by atoms with van der Waals surface area (Å²) in [6.45, 7) is 1.87. The van der Waals surface area contributed by atoms with Gasteiger partial charge in [-0.3, -0.25) is 9.20 Å². The zero-order valence-electron chi connectivity index (χ0n) is 15.5. The second-order valence-electron chi connectivity index (χ2n) is 6.50. The third kappa shape index (κ3) is 3.24. The highest BCUT2D eigenvalue weighted by Gasteiger charge is 2.21. The van der Waals surface area contributed by atoms with Crippen molar-refractivity contribution >= 4 is 40.0 Å². The van der Waals surface area contributed by atoms with E-state index in [0.717, 1.165) is 33.2 Å². The van der Waals surface area contributed by atoms with Gasteiger partial charge in [0.25, 0.3) is 5.91 Å². The Morgan fingerprint density at radius 3 is 2.62 bits per heavy atom. The second kappa shape index (κ2) is 7.27. The number of fused-ring (bicyclic) bond motifs is 1. The molecule has 1 aromatic carbocycles. The molecule has 7 heteroatoms. The SMILES string of the molecule is Cc1nc(-c2ccsc2)sc1C(=O)Nc1c(-c2ccccc2)nc2ccccn12. The molecule has 0 saturated carbocycles. The fraction of sp³-hybridized carbons (Fsp3) is 0.0455. The van der Waals surface area contributed by atoms with E-state index in [1.54, 1.807) is 11.3 Å². The van der Waals surface area contributed by atoms with E-state index in [1.165, 1.54) is 11.3 Å². The van der Waals surface area contributed by atoms with Gasteiger partial charge >= 0.3 is 0 Å². The Morgan fingerprint density at radius 2 is 1.83 bits per heavy atom. The molecule has 0 fully saturated rings. The van der Waals surface area contributed by atoms with Crippen LogP contribution in [0.2, 0.25) is 0 Å². The maximum atomic E-state index is 13.2. The van der Waals surface area contributed by atoms with E-state index in [0.29, 0.717) is 10.7 Å². The van der Waals surface area contributed by atoms with Gasteiger partial charge in [0, 0.05) is 22.7 Å². The van der Waals surface area contributed by atoms with Crippen LogP contribution in [0.15, 0.2) is 71.6 Å². The molecule has 0 aliphatic heterocycles. The molecule has 4 aromatic heterocycles. The average molecular weight is 417 g/mol. The van der Waals surface area contributed by atoms with Crippen LogP contribution in [0, 0.1) is 6.92 Å². The van der Waals surface area contributed by atoms with Crippen LogP contribution < -0.4 is 5.32 Å². The van der Waals surface area contributed by atoms with Crippen LogP contribution in [-0.2, 0) is 0 Å². The summed E-state index contributed by atoms with van der Waals surface area (Å²) in [6, 6.07) is 17.7. The molecule has 0 aliphatic carbocycles. The molecule has 0 atom stereocenters. The van der Waals surface area contributed by atoms with Gasteiger partial charge in [0.15, 0.2) is 0 Å². The summed E-state index contributed by atoms with van der Waals surface area (Å²) in [5, 5.41) is 7.99. The Labute approximate surface area is 175 Å². The number of amides is 1. The standard InChI is InChI=1S/C22H16N4OS2/c1-14-19(29-22(23-14)16-10-12-28-13-16)21(27)25-20-18(15-7-3-2-4-8-15)24-17-9-5-6-11-26(17)20/h2-13H,1H3,(H,25,27). The van der Waals surface area contributed by atoms with Crippen LogP contribution >= 0.6 is 22.7 Å². The third-order valence-electron chi connectivity index (χ3n) is 4.58. The van der Waals surface area contributed by atoms with Gasteiger partial charge in [-0.1, -0.05) is 36.4 Å². The molecule has 5 rings (SSSR count). The van der Waals surface area contributed by atoms with Crippen LogP contribution in [0.25, 0.3) is 27.5 Å². The van der Waals surface area contributed by atoms with Crippen molar-refractivity contribution in [1.82, 2.24) is 14.4 Å². The quantitative estimate of drug-likeness (QED) is 0.406. The van der Waals surface area contributed by atoms with Crippen molar-refractivity contribution in [3.05, 3.63) is 82.1 Å². The third-order valence-corrected chi connectivity index (χ3v) is 6.47. The molecule has 1 N–H and O–H groups in total. The number of benzene rings is 1. The number of thiazole rings is 1. The van der Waals surface area contributed by atoms with E-state index < -0.39 is 0 Å². The number of aromatic nitrogens is 3. The van der Waals surface area contributed by atoms with E-state index in [4.69, 9.17) is 4.98 Å². The lowest BCUT2D eigenvalue weighted by molar-refractivity contribution is 0.102. The molecule has 5 aromatic rings. The van der Waals surface area contributed by atoms with Gasteiger partial charge in [-0.25, -0.2) is 9.97 Å². The first-order valence-corrected chi connectivity index (χ1v) is 10.8. The van der Waals surface area contributed by atoms with Gasteiger partial charge in [-0.05, 0) is 30.5 Å². The van der Waals surface area contributed by atoms with Crippen molar-refractivity contribution in [3.63, 3.8) is 0 Å². The van der Waals surface area contributed by atoms with E-state index in [1.807, 2.05) is 82.9 Å². The number of carbonyl (C=O) groups is 1. The number of nitrogens with one attached hydrogen (secondary N) is 1.